The van der Waals surface area contributed by atoms with Gasteiger partial charge in [-0.1, -0.05) is 87.5 Å². The van der Waals surface area contributed by atoms with Gasteiger partial charge in [-0.25, -0.2) is 4.98 Å². The smallest absolute Gasteiger partial charge is 0.305 e. The SMILES string of the molecule is COc1ccc([C@@](CC(=O)O)(N(Cc2ccccc2)[C@H](C)c2ccccc2)C(C)(C)C)cn1. The second-order valence-corrected chi connectivity index (χ2v) is 9.47. The molecule has 1 aromatic heterocycles. The van der Waals surface area contributed by atoms with E-state index in [-0.39, 0.29) is 12.5 Å². The van der Waals surface area contributed by atoms with Gasteiger partial charge in [-0.3, -0.25) is 9.69 Å². The summed E-state index contributed by atoms with van der Waals surface area (Å²) in [5.41, 5.74) is 1.84. The molecular formula is C28H34N2O3. The number of benzene rings is 2. The lowest BCUT2D eigenvalue weighted by Gasteiger charge is -2.54. The summed E-state index contributed by atoms with van der Waals surface area (Å²) in [5, 5.41) is 10.2. The van der Waals surface area contributed by atoms with Crippen LogP contribution in [0.15, 0.2) is 79.0 Å². The van der Waals surface area contributed by atoms with Crippen molar-refractivity contribution in [3.8, 4) is 5.88 Å². The Hall–Kier alpha value is -3.18. The van der Waals surface area contributed by atoms with E-state index < -0.39 is 16.9 Å². The maximum atomic E-state index is 12.4. The van der Waals surface area contributed by atoms with Crippen molar-refractivity contribution in [2.24, 2.45) is 5.41 Å². The second kappa shape index (κ2) is 10.2. The number of ether oxygens (including phenoxy) is 1. The fraction of sp³-hybridized carbons (Fsp3) is 0.357. The number of carbonyl (C=O) groups is 1. The van der Waals surface area contributed by atoms with Gasteiger partial charge in [0, 0.05) is 24.8 Å². The molecular weight excluding hydrogens is 412 g/mol. The zero-order valence-corrected chi connectivity index (χ0v) is 20.2. The number of methoxy groups -OCH3 is 1. The average molecular weight is 447 g/mol. The van der Waals surface area contributed by atoms with E-state index in [0.29, 0.717) is 12.4 Å². The third-order valence-electron chi connectivity index (χ3n) is 6.51. The first kappa shape index (κ1) is 24.5. The molecule has 174 valence electrons. The van der Waals surface area contributed by atoms with Crippen LogP contribution in [0.4, 0.5) is 0 Å². The highest BCUT2D eigenvalue weighted by molar-refractivity contribution is 5.69. The predicted molar refractivity (Wildman–Crippen MR) is 131 cm³/mol. The molecule has 0 bridgehead atoms. The Morgan fingerprint density at radius 2 is 1.61 bits per heavy atom. The molecule has 2 atom stereocenters. The van der Waals surface area contributed by atoms with Gasteiger partial charge in [-0.05, 0) is 29.0 Å². The monoisotopic (exact) mass is 446 g/mol. The van der Waals surface area contributed by atoms with E-state index in [4.69, 9.17) is 4.74 Å². The van der Waals surface area contributed by atoms with Crippen molar-refractivity contribution in [2.45, 2.75) is 52.2 Å². The van der Waals surface area contributed by atoms with E-state index in [0.717, 1.165) is 16.7 Å². The highest BCUT2D eigenvalue weighted by atomic mass is 16.5. The van der Waals surface area contributed by atoms with Gasteiger partial charge >= 0.3 is 5.97 Å². The van der Waals surface area contributed by atoms with Gasteiger partial charge in [0.05, 0.1) is 19.1 Å². The quantitative estimate of drug-likeness (QED) is 0.432. The summed E-state index contributed by atoms with van der Waals surface area (Å²) < 4.78 is 5.28. The van der Waals surface area contributed by atoms with Crippen molar-refractivity contribution in [1.82, 2.24) is 9.88 Å². The Kier molecular flexibility index (Phi) is 7.54. The molecule has 33 heavy (non-hydrogen) atoms. The summed E-state index contributed by atoms with van der Waals surface area (Å²) in [6, 6.07) is 24.2. The van der Waals surface area contributed by atoms with E-state index in [9.17, 15) is 9.90 Å². The zero-order chi connectivity index (χ0) is 24.1. The van der Waals surface area contributed by atoms with E-state index in [2.05, 4.69) is 61.8 Å². The summed E-state index contributed by atoms with van der Waals surface area (Å²) in [6.07, 6.45) is 1.71. The van der Waals surface area contributed by atoms with Gasteiger partial charge in [0.15, 0.2) is 0 Å². The largest absolute Gasteiger partial charge is 0.481 e. The number of aliphatic carboxylic acids is 1. The number of nitrogens with zero attached hydrogens (tertiary/aromatic N) is 2. The Bertz CT molecular complexity index is 1030. The highest BCUT2D eigenvalue weighted by Gasteiger charge is 2.51. The highest BCUT2D eigenvalue weighted by Crippen LogP contribution is 2.51. The molecule has 0 aliphatic heterocycles. The van der Waals surface area contributed by atoms with Crippen LogP contribution in [0, 0.1) is 5.41 Å². The number of hydrogen-bond donors (Lipinski definition) is 1. The standard InChI is InChI=1S/C28H34N2O3/c1-21(23-14-10-7-11-15-23)30(20-22-12-8-6-9-13-22)28(18-26(31)32,27(2,3)4)24-16-17-25(33-5)29-19-24/h6-17,19,21H,18,20H2,1-5H3,(H,31,32)/t21-,28-/m1/s1. The topological polar surface area (TPSA) is 62.7 Å². The molecule has 0 spiro atoms. The van der Waals surface area contributed by atoms with Crippen LogP contribution in [0.1, 0.15) is 56.8 Å². The van der Waals surface area contributed by atoms with Gasteiger partial charge in [-0.2, -0.15) is 0 Å². The zero-order valence-electron chi connectivity index (χ0n) is 20.2. The minimum atomic E-state index is -0.848. The summed E-state index contributed by atoms with van der Waals surface area (Å²) >= 11 is 0. The molecule has 3 rings (SSSR count). The van der Waals surface area contributed by atoms with Crippen LogP contribution in [0.5, 0.6) is 5.88 Å². The molecule has 3 aromatic rings. The first-order valence-corrected chi connectivity index (χ1v) is 11.3. The molecule has 1 N–H and O–H groups in total. The molecule has 5 nitrogen and oxygen atoms in total. The number of rotatable bonds is 9. The van der Waals surface area contributed by atoms with E-state index >= 15 is 0 Å². The van der Waals surface area contributed by atoms with Crippen molar-refractivity contribution in [2.75, 3.05) is 7.11 Å². The van der Waals surface area contributed by atoms with E-state index in [1.54, 1.807) is 13.3 Å². The molecule has 5 heteroatoms. The van der Waals surface area contributed by atoms with Crippen LogP contribution < -0.4 is 4.74 Å². The lowest BCUT2D eigenvalue weighted by molar-refractivity contribution is -0.146. The van der Waals surface area contributed by atoms with Crippen molar-refractivity contribution in [3.05, 3.63) is 95.7 Å². The fourth-order valence-corrected chi connectivity index (χ4v) is 4.76. The number of carboxylic acids is 1. The third-order valence-corrected chi connectivity index (χ3v) is 6.51. The summed E-state index contributed by atoms with van der Waals surface area (Å²) in [6.45, 7) is 9.06. The molecule has 2 aromatic carbocycles. The van der Waals surface area contributed by atoms with Crippen molar-refractivity contribution >= 4 is 5.97 Å². The molecule has 0 saturated carbocycles. The minimum Gasteiger partial charge on any atom is -0.481 e. The second-order valence-electron chi connectivity index (χ2n) is 9.47. The molecule has 0 aliphatic rings. The molecule has 1 heterocycles. The van der Waals surface area contributed by atoms with Gasteiger partial charge in [0.25, 0.3) is 0 Å². The van der Waals surface area contributed by atoms with E-state index in [1.807, 2.05) is 48.5 Å². The molecule has 0 saturated heterocycles. The van der Waals surface area contributed by atoms with Crippen LogP contribution in [-0.2, 0) is 16.9 Å². The Balaban J connectivity index is 2.27. The number of pyridine rings is 1. The Morgan fingerprint density at radius 1 is 1.00 bits per heavy atom. The fourth-order valence-electron chi connectivity index (χ4n) is 4.76. The molecule has 0 fully saturated rings. The van der Waals surface area contributed by atoms with Crippen molar-refractivity contribution < 1.29 is 14.6 Å². The first-order valence-electron chi connectivity index (χ1n) is 11.3. The summed E-state index contributed by atoms with van der Waals surface area (Å²) in [4.78, 5) is 19.2. The number of aromatic nitrogens is 1. The maximum Gasteiger partial charge on any atom is 0.305 e. The van der Waals surface area contributed by atoms with Gasteiger partial charge < -0.3 is 9.84 Å². The normalized spacial score (nSPS) is 14.5. The van der Waals surface area contributed by atoms with Crippen LogP contribution in [0.25, 0.3) is 0 Å². The van der Waals surface area contributed by atoms with Crippen molar-refractivity contribution in [1.29, 1.82) is 0 Å². The van der Waals surface area contributed by atoms with Gasteiger partial charge in [0.1, 0.15) is 0 Å². The molecule has 0 aliphatic carbocycles. The Morgan fingerprint density at radius 3 is 2.09 bits per heavy atom. The lowest BCUT2D eigenvalue weighted by atomic mass is 9.65. The number of hydrogen-bond acceptors (Lipinski definition) is 4. The molecule has 0 amide bonds. The third kappa shape index (κ3) is 5.25. The maximum absolute atomic E-state index is 12.4. The molecule has 0 unspecified atom stereocenters. The van der Waals surface area contributed by atoms with Crippen molar-refractivity contribution in [3.63, 3.8) is 0 Å². The first-order chi connectivity index (χ1) is 15.7. The van der Waals surface area contributed by atoms with Crippen LogP contribution in [0.3, 0.4) is 0 Å². The van der Waals surface area contributed by atoms with Crippen LogP contribution in [0.2, 0.25) is 0 Å². The Labute approximate surface area is 197 Å². The summed E-state index contributed by atoms with van der Waals surface area (Å²) in [7, 11) is 1.58. The average Bonchev–Trinajstić information content (AvgIpc) is 2.81. The van der Waals surface area contributed by atoms with Crippen LogP contribution in [-0.4, -0.2) is 28.1 Å². The van der Waals surface area contributed by atoms with Gasteiger partial charge in [0.2, 0.25) is 5.88 Å². The minimum absolute atomic E-state index is 0.0490. The van der Waals surface area contributed by atoms with Gasteiger partial charge in [-0.15, -0.1) is 0 Å². The van der Waals surface area contributed by atoms with Crippen LogP contribution >= 0.6 is 0 Å². The molecule has 0 radical (unpaired) electrons. The summed E-state index contributed by atoms with van der Waals surface area (Å²) in [5.74, 6) is -0.346. The lowest BCUT2D eigenvalue weighted by Crippen LogP contribution is -2.56. The van der Waals surface area contributed by atoms with E-state index in [1.165, 1.54) is 0 Å². The predicted octanol–water partition coefficient (Wildman–Crippen LogP) is 6.07. The number of carboxylic acid groups (broad SMARTS) is 1.